The van der Waals surface area contributed by atoms with Crippen molar-refractivity contribution in [2.75, 3.05) is 42.0 Å². The Morgan fingerprint density at radius 3 is 1.47 bits per heavy atom. The summed E-state index contributed by atoms with van der Waals surface area (Å²) in [6, 6.07) is 19.9. The molecule has 0 unspecified atom stereocenters. The van der Waals surface area contributed by atoms with Gasteiger partial charge in [-0.3, -0.25) is 9.59 Å². The smallest absolute Gasteiger partial charge is 0.418 e. The van der Waals surface area contributed by atoms with E-state index in [1.807, 2.05) is 0 Å². The molecule has 262 valence electrons. The highest BCUT2D eigenvalue weighted by molar-refractivity contribution is 6.05. The van der Waals surface area contributed by atoms with Gasteiger partial charge in [0.25, 0.3) is 11.8 Å². The van der Waals surface area contributed by atoms with Crippen LogP contribution in [0.3, 0.4) is 0 Å². The van der Waals surface area contributed by atoms with Gasteiger partial charge in [0.15, 0.2) is 0 Å². The van der Waals surface area contributed by atoms with Gasteiger partial charge in [-0.1, -0.05) is 12.1 Å². The molecule has 0 saturated carbocycles. The highest BCUT2D eigenvalue weighted by atomic mass is 19.4. The van der Waals surface area contributed by atoms with Crippen LogP contribution in [0.25, 0.3) is 0 Å². The van der Waals surface area contributed by atoms with Crippen molar-refractivity contribution < 1.29 is 45.4 Å². The van der Waals surface area contributed by atoms with Gasteiger partial charge >= 0.3 is 12.4 Å². The fourth-order valence-electron chi connectivity index (χ4n) is 4.43. The molecule has 0 aliphatic carbocycles. The summed E-state index contributed by atoms with van der Waals surface area (Å²) < 4.78 is 89.4. The number of nitrogens with one attached hydrogen (secondary N) is 4. The number of benzene rings is 4. The van der Waals surface area contributed by atoms with Crippen molar-refractivity contribution in [3.05, 3.63) is 107 Å². The molecular formula is C35H36F6N4O4. The molecule has 0 spiro atoms. The second-order valence-corrected chi connectivity index (χ2v) is 10.7. The van der Waals surface area contributed by atoms with Crippen molar-refractivity contribution in [2.24, 2.45) is 0 Å². The van der Waals surface area contributed by atoms with Crippen LogP contribution in [0.2, 0.25) is 0 Å². The molecule has 49 heavy (non-hydrogen) atoms. The number of halogens is 6. The quantitative estimate of drug-likeness (QED) is 0.124. The first-order chi connectivity index (χ1) is 23.0. The molecule has 4 aromatic rings. The molecule has 14 heteroatoms. The van der Waals surface area contributed by atoms with Gasteiger partial charge in [-0.15, -0.1) is 0 Å². The summed E-state index contributed by atoms with van der Waals surface area (Å²) in [7, 11) is 2.97. The fraction of sp³-hybridized carbons (Fsp3) is 0.257. The maximum atomic E-state index is 13.3. The maximum Gasteiger partial charge on any atom is 0.418 e. The molecule has 0 radical (unpaired) electrons. The Morgan fingerprint density at radius 2 is 1.08 bits per heavy atom. The lowest BCUT2D eigenvalue weighted by molar-refractivity contribution is -0.137. The van der Waals surface area contributed by atoms with Crippen LogP contribution < -0.4 is 30.7 Å². The monoisotopic (exact) mass is 690 g/mol. The summed E-state index contributed by atoms with van der Waals surface area (Å²) in [6.45, 7) is 5.52. The molecule has 0 aromatic heterocycles. The lowest BCUT2D eigenvalue weighted by Crippen LogP contribution is -2.18. The predicted octanol–water partition coefficient (Wildman–Crippen LogP) is 9.18. The first kappa shape index (κ1) is 38.1. The number of carbonyl (C=O) groups excluding carboxylic acids is 2. The second-order valence-electron chi connectivity index (χ2n) is 10.7. The van der Waals surface area contributed by atoms with E-state index < -0.39 is 35.3 Å². The molecular weight excluding hydrogens is 654 g/mol. The number of carbonyl (C=O) groups is 2. The number of methoxy groups -OCH3 is 2. The lowest BCUT2D eigenvalue weighted by Gasteiger charge is -2.18. The van der Waals surface area contributed by atoms with Crippen molar-refractivity contribution in [1.82, 2.24) is 0 Å². The average molecular weight is 691 g/mol. The van der Waals surface area contributed by atoms with E-state index >= 15 is 0 Å². The highest BCUT2D eigenvalue weighted by Crippen LogP contribution is 2.37. The summed E-state index contributed by atoms with van der Waals surface area (Å²) in [5.41, 5.74) is -1.15. The lowest BCUT2D eigenvalue weighted by atomic mass is 10.1. The Kier molecular flexibility index (Phi) is 12.9. The van der Waals surface area contributed by atoms with Gasteiger partial charge < -0.3 is 30.7 Å². The number of amides is 2. The molecule has 0 heterocycles. The molecule has 4 rings (SSSR count). The maximum absolute atomic E-state index is 13.3. The number of rotatable bonds is 10. The SMILES string of the molecule is CCNc1ccc(C(=O)Nc2cccc(OC)c2)cc1C(F)(F)F.COc1cccc(NC(=O)c2ccc(NC(C)C)c(C(F)(F)F)c2)c1. The minimum atomic E-state index is -4.57. The predicted molar refractivity (Wildman–Crippen MR) is 178 cm³/mol. The standard InChI is InChI=1S/C18H19F3N2O2.C17H17F3N2O2/c1-11(2)22-16-8-7-12(9-15(16)18(19,20)21)17(24)23-13-5-4-6-14(10-13)25-3;1-3-21-15-8-7-11(9-14(15)17(18,19)20)16(23)22-12-5-4-6-13(10-12)24-2/h4-11,22H,1-3H3,(H,23,24);4-10,21H,3H2,1-2H3,(H,22,23). The van der Waals surface area contributed by atoms with E-state index in [0.717, 1.165) is 12.1 Å². The topological polar surface area (TPSA) is 101 Å². The number of hydrogen-bond donors (Lipinski definition) is 4. The van der Waals surface area contributed by atoms with Crippen LogP contribution in [-0.2, 0) is 12.4 Å². The molecule has 0 bridgehead atoms. The molecule has 0 aliphatic heterocycles. The molecule has 8 nitrogen and oxygen atoms in total. The minimum absolute atomic E-state index is 0.0528. The van der Waals surface area contributed by atoms with Gasteiger partial charge in [-0.2, -0.15) is 26.3 Å². The fourth-order valence-corrected chi connectivity index (χ4v) is 4.43. The zero-order valence-corrected chi connectivity index (χ0v) is 27.3. The van der Waals surface area contributed by atoms with E-state index in [-0.39, 0.29) is 28.5 Å². The van der Waals surface area contributed by atoms with Crippen LogP contribution >= 0.6 is 0 Å². The first-order valence-corrected chi connectivity index (χ1v) is 14.9. The Balaban J connectivity index is 0.000000266. The van der Waals surface area contributed by atoms with Gasteiger partial charge in [0.2, 0.25) is 0 Å². The number of anilines is 4. The molecule has 4 aromatic carbocycles. The van der Waals surface area contributed by atoms with Crippen molar-refractivity contribution in [1.29, 1.82) is 0 Å². The third-order valence-electron chi connectivity index (χ3n) is 6.64. The van der Waals surface area contributed by atoms with Crippen LogP contribution in [0.4, 0.5) is 49.1 Å². The van der Waals surface area contributed by atoms with E-state index in [1.165, 1.54) is 38.5 Å². The second kappa shape index (κ2) is 16.6. The molecule has 0 atom stereocenters. The van der Waals surface area contributed by atoms with Crippen LogP contribution in [0.5, 0.6) is 11.5 Å². The summed E-state index contributed by atoms with van der Waals surface area (Å²) in [5.74, 6) is -0.191. The normalized spacial score (nSPS) is 11.2. The molecule has 2 amide bonds. The summed E-state index contributed by atoms with van der Waals surface area (Å²) in [6.07, 6.45) is -9.12. The Bertz CT molecular complexity index is 1740. The van der Waals surface area contributed by atoms with E-state index in [4.69, 9.17) is 9.47 Å². The van der Waals surface area contributed by atoms with Crippen LogP contribution in [-0.4, -0.2) is 38.6 Å². The van der Waals surface area contributed by atoms with E-state index in [1.54, 1.807) is 69.3 Å². The van der Waals surface area contributed by atoms with Crippen molar-refractivity contribution in [3.8, 4) is 11.5 Å². The molecule has 0 aliphatic rings. The van der Waals surface area contributed by atoms with E-state index in [2.05, 4.69) is 21.3 Å². The molecule has 4 N–H and O–H groups in total. The Labute approximate surface area is 279 Å². The minimum Gasteiger partial charge on any atom is -0.497 e. The number of hydrogen-bond acceptors (Lipinski definition) is 6. The van der Waals surface area contributed by atoms with Crippen LogP contribution in [0.1, 0.15) is 52.6 Å². The van der Waals surface area contributed by atoms with Gasteiger partial charge in [0.1, 0.15) is 11.5 Å². The Hall–Kier alpha value is -5.40. The van der Waals surface area contributed by atoms with E-state index in [9.17, 15) is 35.9 Å². The third-order valence-corrected chi connectivity index (χ3v) is 6.64. The first-order valence-electron chi connectivity index (χ1n) is 14.9. The van der Waals surface area contributed by atoms with Gasteiger partial charge in [0.05, 0.1) is 25.3 Å². The zero-order chi connectivity index (χ0) is 36.4. The van der Waals surface area contributed by atoms with Crippen LogP contribution in [0.15, 0.2) is 84.9 Å². The summed E-state index contributed by atoms with van der Waals surface area (Å²) >= 11 is 0. The largest absolute Gasteiger partial charge is 0.497 e. The average Bonchev–Trinajstić information content (AvgIpc) is 3.04. The Morgan fingerprint density at radius 1 is 0.653 bits per heavy atom. The zero-order valence-electron chi connectivity index (χ0n) is 27.3. The van der Waals surface area contributed by atoms with Crippen molar-refractivity contribution in [3.63, 3.8) is 0 Å². The van der Waals surface area contributed by atoms with Crippen molar-refractivity contribution >= 4 is 34.6 Å². The highest BCUT2D eigenvalue weighted by Gasteiger charge is 2.35. The van der Waals surface area contributed by atoms with E-state index in [0.29, 0.717) is 29.4 Å². The van der Waals surface area contributed by atoms with Crippen molar-refractivity contribution in [2.45, 2.75) is 39.2 Å². The molecule has 0 saturated heterocycles. The molecule has 0 fully saturated rings. The number of ether oxygens (including phenoxy) is 2. The van der Waals surface area contributed by atoms with Gasteiger partial charge in [-0.25, -0.2) is 0 Å². The number of alkyl halides is 6. The van der Waals surface area contributed by atoms with Gasteiger partial charge in [0, 0.05) is 58.6 Å². The summed E-state index contributed by atoms with van der Waals surface area (Å²) in [5, 5.41) is 10.5. The third kappa shape index (κ3) is 11.1. The van der Waals surface area contributed by atoms with Crippen LogP contribution in [0, 0.1) is 0 Å². The summed E-state index contributed by atoms with van der Waals surface area (Å²) in [4.78, 5) is 24.5. The van der Waals surface area contributed by atoms with Gasteiger partial charge in [-0.05, 0) is 81.4 Å².